The third kappa shape index (κ3) is 8.53. The van der Waals surface area contributed by atoms with Gasteiger partial charge in [-0.2, -0.15) is 0 Å². The van der Waals surface area contributed by atoms with Crippen LogP contribution in [-0.4, -0.2) is 76.9 Å². The van der Waals surface area contributed by atoms with Crippen molar-refractivity contribution >= 4 is 44.8 Å². The molecule has 1 heterocycles. The number of methoxy groups -OCH3 is 2. The molecule has 2 atom stereocenters. The number of carbonyl (C=O) groups excluding carboxylic acids is 1. The maximum atomic E-state index is 14.2. The summed E-state index contributed by atoms with van der Waals surface area (Å²) in [5.41, 5.74) is 4.54. The SMILES string of the molecule is COC(CNNC(=O)[C@@]1(CCS(=O)(=O)c2ccccc2)N=C(c2ccc(OCCCO)cc2)O[C@H]1c1ccc(Cl)cc1Cl)OC. The maximum absolute atomic E-state index is 14.2. The minimum atomic E-state index is -3.84. The van der Waals surface area contributed by atoms with E-state index < -0.39 is 39.4 Å². The number of hydrazine groups is 1. The van der Waals surface area contributed by atoms with E-state index in [-0.39, 0.29) is 35.4 Å². The van der Waals surface area contributed by atoms with Crippen LogP contribution in [0.1, 0.15) is 30.1 Å². The molecule has 3 aromatic carbocycles. The predicted octanol–water partition coefficient (Wildman–Crippen LogP) is 4.12. The number of rotatable bonds is 16. The molecule has 3 aromatic rings. The lowest BCUT2D eigenvalue weighted by Crippen LogP contribution is -2.54. The van der Waals surface area contributed by atoms with E-state index in [4.69, 9.17) is 52.2 Å². The van der Waals surface area contributed by atoms with Crippen molar-refractivity contribution in [3.8, 4) is 5.75 Å². The molecule has 242 valence electrons. The van der Waals surface area contributed by atoms with Crippen molar-refractivity contribution in [1.29, 1.82) is 0 Å². The average Bonchev–Trinajstić information content (AvgIpc) is 3.43. The first-order valence-electron chi connectivity index (χ1n) is 14.1. The Morgan fingerprint density at radius 1 is 1.07 bits per heavy atom. The van der Waals surface area contributed by atoms with E-state index in [0.29, 0.717) is 34.9 Å². The number of sulfone groups is 1. The van der Waals surface area contributed by atoms with Gasteiger partial charge in [0.2, 0.25) is 5.90 Å². The van der Waals surface area contributed by atoms with Gasteiger partial charge in [-0.15, -0.1) is 0 Å². The summed E-state index contributed by atoms with van der Waals surface area (Å²) in [6.07, 6.45) is -1.58. The van der Waals surface area contributed by atoms with Gasteiger partial charge < -0.3 is 24.1 Å². The minimum absolute atomic E-state index is 0.00790. The number of benzene rings is 3. The van der Waals surface area contributed by atoms with Crippen molar-refractivity contribution in [3.63, 3.8) is 0 Å². The lowest BCUT2D eigenvalue weighted by Gasteiger charge is -2.31. The highest BCUT2D eigenvalue weighted by Gasteiger charge is 2.54. The van der Waals surface area contributed by atoms with Crippen molar-refractivity contribution in [3.05, 3.63) is 94.0 Å². The lowest BCUT2D eigenvalue weighted by molar-refractivity contribution is -0.131. The molecular weight excluding hydrogens is 645 g/mol. The Morgan fingerprint density at radius 3 is 2.42 bits per heavy atom. The van der Waals surface area contributed by atoms with Gasteiger partial charge in [0.1, 0.15) is 5.75 Å². The van der Waals surface area contributed by atoms with Gasteiger partial charge in [0.25, 0.3) is 5.91 Å². The van der Waals surface area contributed by atoms with Crippen LogP contribution < -0.4 is 15.6 Å². The topological polar surface area (TPSA) is 145 Å². The second-order valence-corrected chi connectivity index (χ2v) is 13.0. The minimum Gasteiger partial charge on any atom is -0.494 e. The molecule has 0 aromatic heterocycles. The number of ether oxygens (including phenoxy) is 4. The molecule has 3 N–H and O–H groups in total. The zero-order chi connectivity index (χ0) is 32.5. The third-order valence-corrected chi connectivity index (χ3v) is 9.42. The lowest BCUT2D eigenvalue weighted by atomic mass is 9.85. The molecule has 11 nitrogen and oxygen atoms in total. The molecule has 4 rings (SSSR count). The van der Waals surface area contributed by atoms with Crippen LogP contribution in [0.2, 0.25) is 10.0 Å². The first kappa shape index (κ1) is 34.6. The van der Waals surface area contributed by atoms with Crippen LogP contribution in [0.5, 0.6) is 5.75 Å². The number of aliphatic imine (C=N–C) groups is 1. The number of aliphatic hydroxyl groups excluding tert-OH is 1. The fourth-order valence-corrected chi connectivity index (χ4v) is 6.58. The molecule has 1 aliphatic rings. The molecule has 0 radical (unpaired) electrons. The average molecular weight is 681 g/mol. The first-order valence-corrected chi connectivity index (χ1v) is 16.5. The van der Waals surface area contributed by atoms with Gasteiger partial charge in [0.05, 0.1) is 23.8 Å². The Hall–Kier alpha value is -3.23. The van der Waals surface area contributed by atoms with Crippen molar-refractivity contribution in [2.45, 2.75) is 35.7 Å². The van der Waals surface area contributed by atoms with Gasteiger partial charge in [-0.25, -0.2) is 18.8 Å². The van der Waals surface area contributed by atoms with E-state index in [2.05, 4.69) is 10.9 Å². The van der Waals surface area contributed by atoms with E-state index in [1.165, 1.54) is 32.4 Å². The third-order valence-electron chi connectivity index (χ3n) is 7.13. The van der Waals surface area contributed by atoms with E-state index in [0.717, 1.165) is 0 Å². The second-order valence-electron chi connectivity index (χ2n) is 10.1. The van der Waals surface area contributed by atoms with E-state index in [1.54, 1.807) is 54.6 Å². The molecule has 0 bridgehead atoms. The summed E-state index contributed by atoms with van der Waals surface area (Å²) in [6, 6.07) is 19.5. The van der Waals surface area contributed by atoms with Crippen LogP contribution in [0, 0.1) is 0 Å². The van der Waals surface area contributed by atoms with E-state index >= 15 is 0 Å². The summed E-state index contributed by atoms with van der Waals surface area (Å²) in [5, 5.41) is 9.61. The van der Waals surface area contributed by atoms with Crippen molar-refractivity contribution in [1.82, 2.24) is 10.9 Å². The molecule has 0 aliphatic carbocycles. The molecule has 0 fully saturated rings. The largest absolute Gasteiger partial charge is 0.494 e. The molecule has 1 aliphatic heterocycles. The summed E-state index contributed by atoms with van der Waals surface area (Å²) in [4.78, 5) is 19.1. The molecule has 45 heavy (non-hydrogen) atoms. The van der Waals surface area contributed by atoms with Gasteiger partial charge in [0, 0.05) is 54.8 Å². The van der Waals surface area contributed by atoms with Gasteiger partial charge in [-0.05, 0) is 48.5 Å². The smallest absolute Gasteiger partial charge is 0.266 e. The highest BCUT2D eigenvalue weighted by Crippen LogP contribution is 2.45. The number of amides is 1. The van der Waals surface area contributed by atoms with Crippen LogP contribution in [-0.2, 0) is 28.8 Å². The predicted molar refractivity (Wildman–Crippen MR) is 170 cm³/mol. The number of carbonyl (C=O) groups is 1. The van der Waals surface area contributed by atoms with Gasteiger partial charge in [0.15, 0.2) is 27.8 Å². The van der Waals surface area contributed by atoms with Gasteiger partial charge in [-0.3, -0.25) is 10.2 Å². The quantitative estimate of drug-likeness (QED) is 0.116. The summed E-state index contributed by atoms with van der Waals surface area (Å²) in [6.45, 7) is 0.427. The Bertz CT molecular complexity index is 1570. The number of hydrogen-bond acceptors (Lipinski definition) is 10. The van der Waals surface area contributed by atoms with Crippen LogP contribution in [0.15, 0.2) is 82.7 Å². The fraction of sp³-hybridized carbons (Fsp3) is 0.355. The van der Waals surface area contributed by atoms with Crippen LogP contribution in [0.25, 0.3) is 0 Å². The van der Waals surface area contributed by atoms with Crippen molar-refractivity contribution < 1.29 is 37.3 Å². The normalized spacial score (nSPS) is 18.0. The molecule has 0 saturated heterocycles. The zero-order valence-electron chi connectivity index (χ0n) is 24.7. The highest BCUT2D eigenvalue weighted by atomic mass is 35.5. The first-order chi connectivity index (χ1) is 21.6. The summed E-state index contributed by atoms with van der Waals surface area (Å²) >= 11 is 12.8. The zero-order valence-corrected chi connectivity index (χ0v) is 27.1. The van der Waals surface area contributed by atoms with Crippen molar-refractivity contribution in [2.75, 3.05) is 39.7 Å². The van der Waals surface area contributed by atoms with Gasteiger partial charge >= 0.3 is 0 Å². The number of aliphatic hydroxyl groups is 1. The Morgan fingerprint density at radius 2 is 1.78 bits per heavy atom. The summed E-state index contributed by atoms with van der Waals surface area (Å²) in [5.74, 6) is -0.419. The molecule has 0 saturated carbocycles. The van der Waals surface area contributed by atoms with Crippen LogP contribution >= 0.6 is 23.2 Å². The number of nitrogens with one attached hydrogen (secondary N) is 2. The monoisotopic (exact) mass is 679 g/mol. The van der Waals surface area contributed by atoms with Crippen molar-refractivity contribution in [2.24, 2.45) is 4.99 Å². The molecule has 0 unspecified atom stereocenters. The Kier molecular flexibility index (Phi) is 12.2. The molecule has 1 amide bonds. The van der Waals surface area contributed by atoms with Crippen LogP contribution in [0.3, 0.4) is 0 Å². The summed E-state index contributed by atoms with van der Waals surface area (Å²) < 4.78 is 49.3. The standard InChI is InChI=1S/C31H35Cl2N3O8S/c1-41-27(42-2)20-34-36-30(38)31(15-18-45(39,40)24-7-4-3-5-8-24)28(25-14-11-22(32)19-26(25)33)44-29(35-31)21-9-12-23(13-10-21)43-17-6-16-37/h3-5,7-14,19,27-28,34,37H,6,15-18,20H2,1-2H3,(H,36,38)/t28-,31-/m0/s1. The fourth-order valence-electron chi connectivity index (χ4n) is 4.68. The number of halogens is 2. The van der Waals surface area contributed by atoms with E-state index in [9.17, 15) is 13.2 Å². The highest BCUT2D eigenvalue weighted by molar-refractivity contribution is 7.91. The van der Waals surface area contributed by atoms with Gasteiger partial charge in [-0.1, -0.05) is 47.5 Å². The number of nitrogens with zero attached hydrogens (tertiary/aromatic N) is 1. The molecule has 0 spiro atoms. The van der Waals surface area contributed by atoms with Crippen LogP contribution in [0.4, 0.5) is 0 Å². The maximum Gasteiger partial charge on any atom is 0.266 e. The summed E-state index contributed by atoms with van der Waals surface area (Å²) in [7, 11) is -0.927. The molecular formula is C31H35Cl2N3O8S. The Labute approximate surface area is 272 Å². The molecule has 14 heteroatoms. The van der Waals surface area contributed by atoms with E-state index in [1.807, 2.05) is 0 Å². The number of hydrogen-bond donors (Lipinski definition) is 3. The Balaban J connectivity index is 1.76. The second kappa shape index (κ2) is 15.9.